The minimum atomic E-state index is -0.105. The highest BCUT2D eigenvalue weighted by atomic mass is 16.5. The van der Waals surface area contributed by atoms with Crippen LogP contribution >= 0.6 is 0 Å². The first kappa shape index (κ1) is 22.8. The van der Waals surface area contributed by atoms with Crippen LogP contribution in [0.3, 0.4) is 0 Å². The number of rotatable bonds is 8. The molecule has 166 valence electrons. The quantitative estimate of drug-likeness (QED) is 0.521. The van der Waals surface area contributed by atoms with Crippen LogP contribution in [-0.4, -0.2) is 68.4 Å². The number of benzene rings is 2. The van der Waals surface area contributed by atoms with Gasteiger partial charge in [0.15, 0.2) is 11.5 Å². The van der Waals surface area contributed by atoms with Gasteiger partial charge in [0.1, 0.15) is 0 Å². The van der Waals surface area contributed by atoms with E-state index in [1.165, 1.54) is 11.1 Å². The second-order valence-electron chi connectivity index (χ2n) is 7.84. The molecule has 0 atom stereocenters. The van der Waals surface area contributed by atoms with E-state index in [0.29, 0.717) is 23.8 Å². The number of aryl methyl sites for hydroxylation is 1. The second-order valence-corrected chi connectivity index (χ2v) is 7.84. The van der Waals surface area contributed by atoms with Crippen molar-refractivity contribution in [2.75, 3.05) is 46.9 Å². The van der Waals surface area contributed by atoms with Crippen molar-refractivity contribution in [2.45, 2.75) is 20.4 Å². The van der Waals surface area contributed by atoms with E-state index in [9.17, 15) is 4.79 Å². The van der Waals surface area contributed by atoms with Gasteiger partial charge in [-0.25, -0.2) is 5.43 Å². The molecular weight excluding hydrogens is 392 g/mol. The molecule has 1 aliphatic heterocycles. The Morgan fingerprint density at radius 1 is 0.968 bits per heavy atom. The van der Waals surface area contributed by atoms with Gasteiger partial charge in [-0.05, 0) is 37.6 Å². The van der Waals surface area contributed by atoms with E-state index in [0.717, 1.165) is 38.3 Å². The van der Waals surface area contributed by atoms with Gasteiger partial charge in [-0.1, -0.05) is 29.8 Å². The van der Waals surface area contributed by atoms with Crippen molar-refractivity contribution in [2.24, 2.45) is 5.10 Å². The van der Waals surface area contributed by atoms with Crippen LogP contribution in [0.2, 0.25) is 0 Å². The Labute approximate surface area is 184 Å². The lowest BCUT2D eigenvalue weighted by atomic mass is 10.1. The highest BCUT2D eigenvalue weighted by Crippen LogP contribution is 2.27. The van der Waals surface area contributed by atoms with Crippen LogP contribution in [0.5, 0.6) is 11.5 Å². The summed E-state index contributed by atoms with van der Waals surface area (Å²) in [6.07, 6.45) is 0. The third kappa shape index (κ3) is 6.54. The molecule has 2 aromatic carbocycles. The summed E-state index contributed by atoms with van der Waals surface area (Å²) in [5.41, 5.74) is 6.85. The van der Waals surface area contributed by atoms with Crippen LogP contribution in [0.15, 0.2) is 47.6 Å². The van der Waals surface area contributed by atoms with Crippen LogP contribution in [0, 0.1) is 6.92 Å². The molecule has 0 aliphatic carbocycles. The number of hydrogen-bond donors (Lipinski definition) is 1. The molecule has 0 aromatic heterocycles. The van der Waals surface area contributed by atoms with Gasteiger partial charge in [-0.3, -0.25) is 14.6 Å². The monoisotopic (exact) mass is 424 g/mol. The molecule has 31 heavy (non-hydrogen) atoms. The van der Waals surface area contributed by atoms with E-state index in [1.54, 1.807) is 14.2 Å². The van der Waals surface area contributed by atoms with Crippen LogP contribution in [0.1, 0.15) is 23.6 Å². The molecule has 3 rings (SSSR count). The van der Waals surface area contributed by atoms with Crippen LogP contribution in [0.25, 0.3) is 0 Å². The topological polar surface area (TPSA) is 66.4 Å². The maximum absolute atomic E-state index is 12.4. The SMILES string of the molecule is COc1ccc(/C(C)=N\NC(=O)CN2CCN(Cc3ccc(C)cc3)CC2)cc1OC. The standard InChI is InChI=1S/C24H32N4O3/c1-18-5-7-20(8-6-18)16-27-11-13-28(14-12-27)17-24(29)26-25-19(2)21-9-10-22(30-3)23(15-21)31-4/h5-10,15H,11-14,16-17H2,1-4H3,(H,26,29)/b25-19-. The Morgan fingerprint density at radius 3 is 2.26 bits per heavy atom. The number of nitrogens with one attached hydrogen (secondary N) is 1. The molecule has 0 radical (unpaired) electrons. The van der Waals surface area contributed by atoms with Crippen molar-refractivity contribution >= 4 is 11.6 Å². The Kier molecular flexibility index (Phi) is 8.03. The van der Waals surface area contributed by atoms with E-state index in [2.05, 4.69) is 51.5 Å². The first-order valence-corrected chi connectivity index (χ1v) is 10.5. The number of carbonyl (C=O) groups excluding carboxylic acids is 1. The maximum atomic E-state index is 12.4. The van der Waals surface area contributed by atoms with Crippen molar-refractivity contribution in [3.8, 4) is 11.5 Å². The fourth-order valence-electron chi connectivity index (χ4n) is 3.57. The van der Waals surface area contributed by atoms with Gasteiger partial charge in [0.25, 0.3) is 5.91 Å². The fraction of sp³-hybridized carbons (Fsp3) is 0.417. The normalized spacial score (nSPS) is 15.5. The lowest BCUT2D eigenvalue weighted by Crippen LogP contribution is -2.48. The van der Waals surface area contributed by atoms with E-state index in [1.807, 2.05) is 25.1 Å². The molecule has 7 nitrogen and oxygen atoms in total. The molecule has 1 amide bonds. The number of piperazine rings is 1. The van der Waals surface area contributed by atoms with Crippen molar-refractivity contribution in [1.82, 2.24) is 15.2 Å². The maximum Gasteiger partial charge on any atom is 0.254 e. The van der Waals surface area contributed by atoms with Gasteiger partial charge >= 0.3 is 0 Å². The molecule has 1 heterocycles. The summed E-state index contributed by atoms with van der Waals surface area (Å²) in [7, 11) is 3.19. The Morgan fingerprint density at radius 2 is 1.61 bits per heavy atom. The zero-order chi connectivity index (χ0) is 22.2. The molecule has 7 heteroatoms. The van der Waals surface area contributed by atoms with E-state index >= 15 is 0 Å². The molecule has 0 spiro atoms. The van der Waals surface area contributed by atoms with E-state index in [4.69, 9.17) is 9.47 Å². The Balaban J connectivity index is 1.45. The third-order valence-corrected chi connectivity index (χ3v) is 5.51. The number of carbonyl (C=O) groups is 1. The Hall–Kier alpha value is -2.90. The number of nitrogens with zero attached hydrogens (tertiary/aromatic N) is 3. The summed E-state index contributed by atoms with van der Waals surface area (Å²) in [4.78, 5) is 17.0. The molecule has 0 bridgehead atoms. The summed E-state index contributed by atoms with van der Waals surface area (Å²) in [6, 6.07) is 14.2. The Bertz CT molecular complexity index is 904. The first-order valence-electron chi connectivity index (χ1n) is 10.5. The highest BCUT2D eigenvalue weighted by molar-refractivity contribution is 5.99. The number of hydrazone groups is 1. The lowest BCUT2D eigenvalue weighted by Gasteiger charge is -2.34. The van der Waals surface area contributed by atoms with Gasteiger partial charge in [0.2, 0.25) is 0 Å². The van der Waals surface area contributed by atoms with Crippen LogP contribution in [0.4, 0.5) is 0 Å². The molecule has 1 N–H and O–H groups in total. The number of amides is 1. The van der Waals surface area contributed by atoms with Crippen molar-refractivity contribution in [1.29, 1.82) is 0 Å². The smallest absolute Gasteiger partial charge is 0.254 e. The predicted molar refractivity (Wildman–Crippen MR) is 123 cm³/mol. The van der Waals surface area contributed by atoms with Crippen molar-refractivity contribution in [3.63, 3.8) is 0 Å². The van der Waals surface area contributed by atoms with E-state index < -0.39 is 0 Å². The number of methoxy groups -OCH3 is 2. The summed E-state index contributed by atoms with van der Waals surface area (Å²) < 4.78 is 10.6. The zero-order valence-corrected chi connectivity index (χ0v) is 18.9. The lowest BCUT2D eigenvalue weighted by molar-refractivity contribution is -0.122. The second kappa shape index (κ2) is 10.9. The fourth-order valence-corrected chi connectivity index (χ4v) is 3.57. The molecule has 1 fully saturated rings. The zero-order valence-electron chi connectivity index (χ0n) is 18.9. The number of hydrogen-bond acceptors (Lipinski definition) is 6. The molecular formula is C24H32N4O3. The van der Waals surface area contributed by atoms with Gasteiger partial charge in [0.05, 0.1) is 26.5 Å². The summed E-state index contributed by atoms with van der Waals surface area (Å²) in [6.45, 7) is 8.91. The largest absolute Gasteiger partial charge is 0.493 e. The first-order chi connectivity index (χ1) is 15.0. The van der Waals surface area contributed by atoms with Crippen LogP contribution in [-0.2, 0) is 11.3 Å². The minimum Gasteiger partial charge on any atom is -0.493 e. The third-order valence-electron chi connectivity index (χ3n) is 5.51. The van der Waals surface area contributed by atoms with Crippen molar-refractivity contribution in [3.05, 3.63) is 59.2 Å². The average Bonchev–Trinajstić information content (AvgIpc) is 2.79. The summed E-state index contributed by atoms with van der Waals surface area (Å²) >= 11 is 0. The molecule has 2 aromatic rings. The van der Waals surface area contributed by atoms with Gasteiger partial charge in [-0.15, -0.1) is 0 Å². The molecule has 1 saturated heterocycles. The van der Waals surface area contributed by atoms with Gasteiger partial charge < -0.3 is 9.47 Å². The summed E-state index contributed by atoms with van der Waals surface area (Å²) in [5, 5.41) is 4.25. The molecule has 0 saturated carbocycles. The van der Waals surface area contributed by atoms with Gasteiger partial charge in [0, 0.05) is 38.3 Å². The van der Waals surface area contributed by atoms with Crippen molar-refractivity contribution < 1.29 is 14.3 Å². The molecule has 1 aliphatic rings. The average molecular weight is 425 g/mol. The summed E-state index contributed by atoms with van der Waals surface area (Å²) in [5.74, 6) is 1.18. The minimum absolute atomic E-state index is 0.105. The number of ether oxygens (including phenoxy) is 2. The van der Waals surface area contributed by atoms with Gasteiger partial charge in [-0.2, -0.15) is 5.10 Å². The highest BCUT2D eigenvalue weighted by Gasteiger charge is 2.19. The molecule has 0 unspecified atom stereocenters. The van der Waals surface area contributed by atoms with Crippen LogP contribution < -0.4 is 14.9 Å². The van der Waals surface area contributed by atoms with E-state index in [-0.39, 0.29) is 5.91 Å². The predicted octanol–water partition coefficient (Wildman–Crippen LogP) is 2.67.